The van der Waals surface area contributed by atoms with Crippen LogP contribution in [0.5, 0.6) is 0 Å². The second-order valence-electron chi connectivity index (χ2n) is 8.84. The van der Waals surface area contributed by atoms with Crippen molar-refractivity contribution in [2.45, 2.75) is 52.2 Å². The number of fused-ring (bicyclic) bond motifs is 1. The minimum Gasteiger partial charge on any atom is -0.350 e. The predicted octanol–water partition coefficient (Wildman–Crippen LogP) is 3.65. The van der Waals surface area contributed by atoms with Crippen molar-refractivity contribution in [1.29, 1.82) is 0 Å². The number of amides is 1. The maximum absolute atomic E-state index is 13.7. The summed E-state index contributed by atoms with van der Waals surface area (Å²) in [6, 6.07) is 2.81. The number of carbonyl (C=O) groups is 1. The molecule has 0 bridgehead atoms. The normalized spacial score (nSPS) is 16.2. The minimum absolute atomic E-state index is 0.136. The number of halogens is 2. The second kappa shape index (κ2) is 8.34. The fourth-order valence-electron chi connectivity index (χ4n) is 4.73. The molecule has 5 rings (SSSR count). The van der Waals surface area contributed by atoms with Crippen LogP contribution in [0.25, 0.3) is 0 Å². The van der Waals surface area contributed by atoms with E-state index in [4.69, 9.17) is 4.98 Å². The summed E-state index contributed by atoms with van der Waals surface area (Å²) >= 11 is 0. The molecule has 1 aliphatic carbocycles. The van der Waals surface area contributed by atoms with Crippen LogP contribution in [-0.2, 0) is 17.9 Å². The number of aromatic nitrogens is 4. The summed E-state index contributed by atoms with van der Waals surface area (Å²) in [6.07, 6.45) is 6.96. The van der Waals surface area contributed by atoms with Crippen LogP contribution in [0.1, 0.15) is 43.4 Å². The van der Waals surface area contributed by atoms with Crippen LogP contribution in [0.4, 0.5) is 26.2 Å². The molecule has 0 saturated heterocycles. The first-order valence-electron chi connectivity index (χ1n) is 11.5. The van der Waals surface area contributed by atoms with Gasteiger partial charge >= 0.3 is 0 Å². The first-order chi connectivity index (χ1) is 16.4. The monoisotopic (exact) mass is 467 g/mol. The largest absolute Gasteiger partial charge is 0.350 e. The van der Waals surface area contributed by atoms with Gasteiger partial charge in [0.05, 0.1) is 18.9 Å². The van der Waals surface area contributed by atoms with E-state index in [-0.39, 0.29) is 11.5 Å². The van der Waals surface area contributed by atoms with Gasteiger partial charge in [-0.3, -0.25) is 9.48 Å². The zero-order valence-electron chi connectivity index (χ0n) is 19.5. The number of hydrogen-bond acceptors (Lipinski definition) is 6. The van der Waals surface area contributed by atoms with Gasteiger partial charge in [-0.1, -0.05) is 6.07 Å². The first-order valence-corrected chi connectivity index (χ1v) is 11.5. The molecular weight excluding hydrogens is 440 g/mol. The van der Waals surface area contributed by atoms with Crippen LogP contribution >= 0.6 is 0 Å². The van der Waals surface area contributed by atoms with E-state index in [1.807, 2.05) is 20.0 Å². The summed E-state index contributed by atoms with van der Waals surface area (Å²) in [5, 5.41) is 7.56. The van der Waals surface area contributed by atoms with Gasteiger partial charge in [-0.05, 0) is 50.8 Å². The van der Waals surface area contributed by atoms with Gasteiger partial charge in [0.15, 0.2) is 17.5 Å². The topological polar surface area (TPSA) is 79.2 Å². The number of nitrogens with zero attached hydrogens (tertiary/aromatic N) is 6. The molecule has 3 heterocycles. The minimum atomic E-state index is -0.856. The molecule has 2 aromatic heterocycles. The highest BCUT2D eigenvalue weighted by molar-refractivity contribution is 6.09. The number of nitrogens with one attached hydrogen (secondary N) is 1. The Balaban J connectivity index is 1.31. The molecule has 1 spiro atoms. The second-order valence-corrected chi connectivity index (χ2v) is 8.84. The number of anilines is 3. The van der Waals surface area contributed by atoms with E-state index in [1.165, 1.54) is 6.07 Å². The number of likely N-dealkylation sites (N-methyl/N-ethyl adjacent to an activating group) is 2. The van der Waals surface area contributed by atoms with Crippen molar-refractivity contribution in [2.75, 3.05) is 28.2 Å². The van der Waals surface area contributed by atoms with Crippen molar-refractivity contribution >= 4 is 23.4 Å². The Labute approximate surface area is 196 Å². The summed E-state index contributed by atoms with van der Waals surface area (Å²) in [6.45, 7) is 7.60. The quantitative estimate of drug-likeness (QED) is 0.572. The SMILES string of the molecule is CCN1C(=O)C2(CC2)N(CC)c2nc(NCc3cnn(Cc4cc(C)c(F)c(F)c4)c3)ncc21. The Bertz CT molecular complexity index is 1230. The van der Waals surface area contributed by atoms with Gasteiger partial charge in [0.2, 0.25) is 5.95 Å². The molecule has 8 nitrogen and oxygen atoms in total. The lowest BCUT2D eigenvalue weighted by molar-refractivity contribution is -0.121. The summed E-state index contributed by atoms with van der Waals surface area (Å²) < 4.78 is 28.9. The van der Waals surface area contributed by atoms with E-state index in [9.17, 15) is 13.6 Å². The number of carbonyl (C=O) groups excluding carboxylic acids is 1. The number of rotatable bonds is 7. The van der Waals surface area contributed by atoms with Crippen LogP contribution in [0, 0.1) is 18.6 Å². The number of benzene rings is 1. The van der Waals surface area contributed by atoms with E-state index in [2.05, 4.69) is 20.3 Å². The molecule has 0 atom stereocenters. The molecule has 0 unspecified atom stereocenters. The van der Waals surface area contributed by atoms with Crippen molar-refractivity contribution in [3.8, 4) is 0 Å². The Morgan fingerprint density at radius 1 is 1.12 bits per heavy atom. The molecule has 178 valence electrons. The maximum Gasteiger partial charge on any atom is 0.253 e. The van der Waals surface area contributed by atoms with Crippen LogP contribution in [-0.4, -0.2) is 44.3 Å². The van der Waals surface area contributed by atoms with Gasteiger partial charge in [0.25, 0.3) is 5.91 Å². The summed E-state index contributed by atoms with van der Waals surface area (Å²) in [5.41, 5.74) is 2.10. The van der Waals surface area contributed by atoms with Crippen molar-refractivity contribution in [1.82, 2.24) is 19.7 Å². The highest BCUT2D eigenvalue weighted by Gasteiger charge is 2.59. The third-order valence-electron chi connectivity index (χ3n) is 6.56. The Morgan fingerprint density at radius 2 is 1.91 bits per heavy atom. The van der Waals surface area contributed by atoms with E-state index in [0.717, 1.165) is 29.9 Å². The molecule has 1 amide bonds. The predicted molar refractivity (Wildman–Crippen MR) is 125 cm³/mol. The van der Waals surface area contributed by atoms with Crippen molar-refractivity contribution in [3.63, 3.8) is 0 Å². The van der Waals surface area contributed by atoms with Crippen molar-refractivity contribution in [3.05, 3.63) is 59.0 Å². The van der Waals surface area contributed by atoms with E-state index in [0.29, 0.717) is 37.7 Å². The molecule has 2 aliphatic rings. The molecule has 0 radical (unpaired) electrons. The lowest BCUT2D eigenvalue weighted by Crippen LogP contribution is -2.56. The zero-order valence-corrected chi connectivity index (χ0v) is 19.5. The summed E-state index contributed by atoms with van der Waals surface area (Å²) in [5.74, 6) is -0.283. The molecule has 3 aromatic rings. The standard InChI is InChI=1S/C24H27F2N7O/c1-4-32-19-12-28-23(30-21(19)33(5-2)24(6-7-24)22(32)34)27-10-17-11-29-31(14-17)13-16-8-15(3)20(26)18(25)9-16/h8-9,11-12,14H,4-7,10,13H2,1-3H3,(H,27,28,30). The van der Waals surface area contributed by atoms with E-state index < -0.39 is 17.2 Å². The van der Waals surface area contributed by atoms with Crippen LogP contribution in [0.2, 0.25) is 0 Å². The smallest absolute Gasteiger partial charge is 0.253 e. The van der Waals surface area contributed by atoms with Crippen molar-refractivity contribution in [2.24, 2.45) is 0 Å². The third kappa shape index (κ3) is 3.66. The maximum atomic E-state index is 13.7. The van der Waals surface area contributed by atoms with Crippen LogP contribution < -0.4 is 15.1 Å². The number of hydrogen-bond donors (Lipinski definition) is 1. The lowest BCUT2D eigenvalue weighted by Gasteiger charge is -2.41. The molecule has 10 heteroatoms. The van der Waals surface area contributed by atoms with E-state index >= 15 is 0 Å². The average molecular weight is 468 g/mol. The van der Waals surface area contributed by atoms with Gasteiger partial charge in [-0.2, -0.15) is 10.1 Å². The van der Waals surface area contributed by atoms with Gasteiger partial charge in [0, 0.05) is 31.4 Å². The van der Waals surface area contributed by atoms with Crippen LogP contribution in [0.3, 0.4) is 0 Å². The molecule has 1 aromatic carbocycles. The van der Waals surface area contributed by atoms with Crippen molar-refractivity contribution < 1.29 is 13.6 Å². The molecule has 1 saturated carbocycles. The molecule has 1 fully saturated rings. The molecule has 34 heavy (non-hydrogen) atoms. The number of aryl methyl sites for hydroxylation is 1. The van der Waals surface area contributed by atoms with E-state index in [1.54, 1.807) is 35.0 Å². The lowest BCUT2D eigenvalue weighted by atomic mass is 10.1. The Morgan fingerprint density at radius 3 is 2.59 bits per heavy atom. The van der Waals surface area contributed by atoms with Gasteiger partial charge in [-0.25, -0.2) is 13.8 Å². The van der Waals surface area contributed by atoms with Crippen LogP contribution in [0.15, 0.2) is 30.7 Å². The highest BCUT2D eigenvalue weighted by atomic mass is 19.2. The molecule has 1 N–H and O–H groups in total. The molecule has 1 aliphatic heterocycles. The first kappa shape index (κ1) is 22.2. The Hall–Kier alpha value is -3.56. The van der Waals surface area contributed by atoms with Gasteiger partial charge < -0.3 is 15.1 Å². The average Bonchev–Trinajstić information content (AvgIpc) is 3.49. The van der Waals surface area contributed by atoms with Gasteiger partial charge in [0.1, 0.15) is 11.2 Å². The fourth-order valence-corrected chi connectivity index (χ4v) is 4.73. The Kier molecular flexibility index (Phi) is 5.45. The summed E-state index contributed by atoms with van der Waals surface area (Å²) in [7, 11) is 0. The summed E-state index contributed by atoms with van der Waals surface area (Å²) in [4.78, 5) is 26.1. The zero-order chi connectivity index (χ0) is 24.0. The molecular formula is C24H27F2N7O. The third-order valence-corrected chi connectivity index (χ3v) is 6.56. The van der Waals surface area contributed by atoms with Gasteiger partial charge in [-0.15, -0.1) is 0 Å². The highest BCUT2D eigenvalue weighted by Crippen LogP contribution is 2.51. The fraction of sp³-hybridized carbons (Fsp3) is 0.417.